The van der Waals surface area contributed by atoms with Gasteiger partial charge < -0.3 is 10.2 Å². The summed E-state index contributed by atoms with van der Waals surface area (Å²) in [5.41, 5.74) is 4.95. The Kier molecular flexibility index (Phi) is 6.05. The van der Waals surface area contributed by atoms with E-state index in [4.69, 9.17) is 0 Å². The topological polar surface area (TPSA) is 105 Å². The number of likely N-dealkylation sites (tertiary alicyclic amines) is 1. The normalized spacial score (nSPS) is 25.3. The van der Waals surface area contributed by atoms with Crippen molar-refractivity contribution in [2.45, 2.75) is 63.8 Å². The van der Waals surface area contributed by atoms with E-state index >= 15 is 0 Å². The van der Waals surface area contributed by atoms with Gasteiger partial charge in [-0.25, -0.2) is 5.48 Å². The average molecular weight is 425 g/mol. The SMILES string of the molecule is CC(C)c1cc(C2CCN(C(=O)C3NCC4(CC4)CC3C(=O)NO)CC2)ccc1C#N. The van der Waals surface area contributed by atoms with Gasteiger partial charge in [-0.1, -0.05) is 26.0 Å². The van der Waals surface area contributed by atoms with Crippen molar-refractivity contribution in [1.82, 2.24) is 15.7 Å². The van der Waals surface area contributed by atoms with Crippen LogP contribution in [0.2, 0.25) is 0 Å². The van der Waals surface area contributed by atoms with Gasteiger partial charge in [0.05, 0.1) is 23.6 Å². The van der Waals surface area contributed by atoms with E-state index in [-0.39, 0.29) is 17.2 Å². The van der Waals surface area contributed by atoms with Gasteiger partial charge in [0.2, 0.25) is 11.8 Å². The van der Waals surface area contributed by atoms with Crippen LogP contribution in [0.1, 0.15) is 74.5 Å². The molecule has 1 aromatic rings. The third-order valence-electron chi connectivity index (χ3n) is 7.52. The highest BCUT2D eigenvalue weighted by molar-refractivity contribution is 5.90. The molecule has 3 N–H and O–H groups in total. The molecule has 2 saturated heterocycles. The first-order chi connectivity index (χ1) is 14.9. The number of carbonyl (C=O) groups is 2. The van der Waals surface area contributed by atoms with Crippen LogP contribution in [0.3, 0.4) is 0 Å². The Morgan fingerprint density at radius 3 is 2.58 bits per heavy atom. The second kappa shape index (κ2) is 8.60. The third kappa shape index (κ3) is 4.32. The van der Waals surface area contributed by atoms with E-state index in [1.807, 2.05) is 17.0 Å². The molecule has 0 aromatic heterocycles. The summed E-state index contributed by atoms with van der Waals surface area (Å²) in [6.07, 6.45) is 4.53. The molecule has 1 saturated carbocycles. The summed E-state index contributed by atoms with van der Waals surface area (Å²) < 4.78 is 0. The largest absolute Gasteiger partial charge is 0.341 e. The molecule has 2 heterocycles. The van der Waals surface area contributed by atoms with Gasteiger partial charge in [0.15, 0.2) is 0 Å². The van der Waals surface area contributed by atoms with Gasteiger partial charge in [-0.05, 0) is 66.5 Å². The first kappa shape index (κ1) is 21.8. The first-order valence-corrected chi connectivity index (χ1v) is 11.4. The fourth-order valence-electron chi connectivity index (χ4n) is 5.31. The molecule has 2 aliphatic heterocycles. The van der Waals surface area contributed by atoms with Crippen LogP contribution in [0, 0.1) is 22.7 Å². The smallest absolute Gasteiger partial charge is 0.248 e. The van der Waals surface area contributed by atoms with Crippen LogP contribution in [0.4, 0.5) is 0 Å². The minimum Gasteiger partial charge on any atom is -0.341 e. The lowest BCUT2D eigenvalue weighted by molar-refractivity contribution is -0.145. The highest BCUT2D eigenvalue weighted by Gasteiger charge is 2.52. The highest BCUT2D eigenvalue weighted by atomic mass is 16.5. The van der Waals surface area contributed by atoms with Crippen LogP contribution < -0.4 is 10.8 Å². The molecule has 2 unspecified atom stereocenters. The molecule has 7 heteroatoms. The molecular formula is C24H32N4O3. The van der Waals surface area contributed by atoms with E-state index in [1.54, 1.807) is 5.48 Å². The molecule has 1 spiro atoms. The molecular weight excluding hydrogens is 392 g/mol. The van der Waals surface area contributed by atoms with Gasteiger partial charge in [0.1, 0.15) is 0 Å². The number of hydrogen-bond donors (Lipinski definition) is 3. The maximum atomic E-state index is 13.3. The second-order valence-corrected chi connectivity index (χ2v) is 9.86. The fourth-order valence-corrected chi connectivity index (χ4v) is 5.31. The molecule has 3 fully saturated rings. The molecule has 2 amide bonds. The minimum absolute atomic E-state index is 0.0368. The zero-order chi connectivity index (χ0) is 22.2. The molecule has 0 bridgehead atoms. The van der Waals surface area contributed by atoms with Crippen molar-refractivity contribution in [2.75, 3.05) is 19.6 Å². The summed E-state index contributed by atoms with van der Waals surface area (Å²) in [5, 5.41) is 21.8. The number of hydrogen-bond acceptors (Lipinski definition) is 5. The summed E-state index contributed by atoms with van der Waals surface area (Å²) in [5.74, 6) is -0.382. The first-order valence-electron chi connectivity index (χ1n) is 11.4. The van der Waals surface area contributed by atoms with Gasteiger partial charge >= 0.3 is 0 Å². The average Bonchev–Trinajstić information content (AvgIpc) is 3.56. The number of hydroxylamine groups is 1. The van der Waals surface area contributed by atoms with Crippen molar-refractivity contribution in [3.05, 3.63) is 34.9 Å². The zero-order valence-corrected chi connectivity index (χ0v) is 18.4. The van der Waals surface area contributed by atoms with Crippen LogP contribution in [0.25, 0.3) is 0 Å². The summed E-state index contributed by atoms with van der Waals surface area (Å²) in [6.45, 7) is 6.26. The second-order valence-electron chi connectivity index (χ2n) is 9.86. The maximum absolute atomic E-state index is 13.3. The van der Waals surface area contributed by atoms with Gasteiger partial charge in [0.25, 0.3) is 0 Å². The monoisotopic (exact) mass is 424 g/mol. The van der Waals surface area contributed by atoms with Crippen LogP contribution in [-0.4, -0.2) is 47.6 Å². The Hall–Kier alpha value is -2.43. The van der Waals surface area contributed by atoms with Crippen LogP contribution in [0.15, 0.2) is 18.2 Å². The number of benzene rings is 1. The van der Waals surface area contributed by atoms with Crippen LogP contribution >= 0.6 is 0 Å². The van der Waals surface area contributed by atoms with Crippen molar-refractivity contribution in [3.8, 4) is 6.07 Å². The quantitative estimate of drug-likeness (QED) is 0.509. The maximum Gasteiger partial charge on any atom is 0.248 e. The number of rotatable bonds is 4. The van der Waals surface area contributed by atoms with Crippen LogP contribution in [0.5, 0.6) is 0 Å². The molecule has 31 heavy (non-hydrogen) atoms. The van der Waals surface area contributed by atoms with E-state index in [0.29, 0.717) is 25.4 Å². The predicted molar refractivity (Wildman–Crippen MR) is 115 cm³/mol. The van der Waals surface area contributed by atoms with Crippen molar-refractivity contribution in [2.24, 2.45) is 11.3 Å². The van der Waals surface area contributed by atoms with E-state index in [9.17, 15) is 20.1 Å². The van der Waals surface area contributed by atoms with Crippen molar-refractivity contribution >= 4 is 11.8 Å². The summed E-state index contributed by atoms with van der Waals surface area (Å²) in [4.78, 5) is 27.4. The third-order valence-corrected chi connectivity index (χ3v) is 7.52. The van der Waals surface area contributed by atoms with E-state index in [1.165, 1.54) is 5.56 Å². The van der Waals surface area contributed by atoms with E-state index < -0.39 is 17.9 Å². The van der Waals surface area contributed by atoms with Gasteiger partial charge in [0, 0.05) is 19.6 Å². The number of carbonyl (C=O) groups excluding carboxylic acids is 2. The lowest BCUT2D eigenvalue weighted by atomic mass is 9.80. The molecule has 3 aliphatic rings. The molecule has 0 radical (unpaired) electrons. The summed E-state index contributed by atoms with van der Waals surface area (Å²) in [7, 11) is 0. The van der Waals surface area contributed by atoms with Gasteiger partial charge in [-0.15, -0.1) is 0 Å². The Balaban J connectivity index is 1.41. The van der Waals surface area contributed by atoms with Crippen molar-refractivity contribution in [3.63, 3.8) is 0 Å². The van der Waals surface area contributed by atoms with Gasteiger partial charge in [-0.3, -0.25) is 14.8 Å². The Morgan fingerprint density at radius 2 is 2.00 bits per heavy atom. The highest BCUT2D eigenvalue weighted by Crippen LogP contribution is 2.52. The lowest BCUT2D eigenvalue weighted by Gasteiger charge is -2.40. The molecule has 2 atom stereocenters. The molecule has 1 aliphatic carbocycles. The molecule has 4 rings (SSSR count). The van der Waals surface area contributed by atoms with Crippen molar-refractivity contribution in [1.29, 1.82) is 5.26 Å². The minimum atomic E-state index is -0.572. The molecule has 7 nitrogen and oxygen atoms in total. The van der Waals surface area contributed by atoms with Crippen molar-refractivity contribution < 1.29 is 14.8 Å². The Morgan fingerprint density at radius 1 is 1.29 bits per heavy atom. The van der Waals surface area contributed by atoms with E-state index in [2.05, 4.69) is 31.3 Å². The number of nitriles is 1. The standard InChI is InChI=1S/C24H32N4O3/c1-15(2)19-11-17(3-4-18(19)13-25)16-5-9-28(10-6-16)23(30)21-20(22(29)27-31)12-24(7-8-24)14-26-21/h3-4,11,15-16,20-21,26,31H,5-10,12,14H2,1-2H3,(H,27,29). The Labute approximate surface area is 183 Å². The molecule has 166 valence electrons. The fraction of sp³-hybridized carbons (Fsp3) is 0.625. The number of amides is 2. The van der Waals surface area contributed by atoms with Gasteiger partial charge in [-0.2, -0.15) is 5.26 Å². The summed E-state index contributed by atoms with van der Waals surface area (Å²) in [6, 6.07) is 7.83. The Bertz CT molecular complexity index is 895. The molecule has 1 aromatic carbocycles. The number of nitrogens with one attached hydrogen (secondary N) is 2. The summed E-state index contributed by atoms with van der Waals surface area (Å²) >= 11 is 0. The predicted octanol–water partition coefficient (Wildman–Crippen LogP) is 2.65. The lowest BCUT2D eigenvalue weighted by Crippen LogP contribution is -2.59. The number of piperidine rings is 2. The number of nitrogens with zero attached hydrogens (tertiary/aromatic N) is 2. The zero-order valence-electron chi connectivity index (χ0n) is 18.4. The van der Waals surface area contributed by atoms with E-state index in [0.717, 1.165) is 43.4 Å². The van der Waals surface area contributed by atoms with Crippen LogP contribution in [-0.2, 0) is 9.59 Å².